The maximum absolute atomic E-state index is 10.1. The average molecular weight is 224 g/mol. The highest BCUT2D eigenvalue weighted by molar-refractivity contribution is 5.31. The number of rotatable bonds is 7. The first kappa shape index (κ1) is 13.1. The molecule has 0 aliphatic rings. The Bertz CT molecular complexity index is 318. The fraction of sp³-hybridized carbons (Fsp3) is 0.769. The van der Waals surface area contributed by atoms with Crippen molar-refractivity contribution < 1.29 is 5.11 Å². The standard InChI is InChI=1S/C13H24N2O/c1-4-7-9-12-11(8-5-2)13(16)15(14-12)10-6-3/h16H,4-10H2,1-3H3. The second-order valence-electron chi connectivity index (χ2n) is 4.33. The summed E-state index contributed by atoms with van der Waals surface area (Å²) in [6.07, 6.45) is 6.33. The smallest absolute Gasteiger partial charge is 0.212 e. The van der Waals surface area contributed by atoms with Gasteiger partial charge in [-0.2, -0.15) is 5.10 Å². The van der Waals surface area contributed by atoms with Crippen LogP contribution >= 0.6 is 0 Å². The van der Waals surface area contributed by atoms with Crippen LogP contribution in [0.25, 0.3) is 0 Å². The molecule has 0 amide bonds. The Balaban J connectivity index is 2.89. The molecule has 1 heterocycles. The van der Waals surface area contributed by atoms with Gasteiger partial charge in [-0.15, -0.1) is 0 Å². The highest BCUT2D eigenvalue weighted by Gasteiger charge is 2.15. The molecule has 0 aromatic carbocycles. The molecule has 1 aromatic heterocycles. The molecule has 0 unspecified atom stereocenters. The van der Waals surface area contributed by atoms with Gasteiger partial charge >= 0.3 is 0 Å². The van der Waals surface area contributed by atoms with E-state index in [9.17, 15) is 5.11 Å². The van der Waals surface area contributed by atoms with Crippen molar-refractivity contribution in [3.05, 3.63) is 11.3 Å². The lowest BCUT2D eigenvalue weighted by Gasteiger charge is -2.01. The molecule has 3 nitrogen and oxygen atoms in total. The van der Waals surface area contributed by atoms with E-state index < -0.39 is 0 Å². The van der Waals surface area contributed by atoms with E-state index in [1.807, 2.05) is 0 Å². The van der Waals surface area contributed by atoms with Gasteiger partial charge in [-0.1, -0.05) is 33.6 Å². The van der Waals surface area contributed by atoms with Crippen LogP contribution in [0.15, 0.2) is 0 Å². The Morgan fingerprint density at radius 2 is 1.81 bits per heavy atom. The molecule has 0 bridgehead atoms. The van der Waals surface area contributed by atoms with Crippen molar-refractivity contribution in [2.75, 3.05) is 0 Å². The van der Waals surface area contributed by atoms with Crippen molar-refractivity contribution in [2.45, 2.75) is 65.8 Å². The summed E-state index contributed by atoms with van der Waals surface area (Å²) in [4.78, 5) is 0. The van der Waals surface area contributed by atoms with Crippen LogP contribution in [-0.4, -0.2) is 14.9 Å². The van der Waals surface area contributed by atoms with E-state index >= 15 is 0 Å². The molecule has 16 heavy (non-hydrogen) atoms. The minimum atomic E-state index is 0.398. The molecule has 1 N–H and O–H groups in total. The molecule has 3 heteroatoms. The quantitative estimate of drug-likeness (QED) is 0.771. The fourth-order valence-electron chi connectivity index (χ4n) is 1.96. The largest absolute Gasteiger partial charge is 0.493 e. The number of hydrogen-bond donors (Lipinski definition) is 1. The first-order chi connectivity index (χ1) is 7.74. The second-order valence-corrected chi connectivity index (χ2v) is 4.33. The van der Waals surface area contributed by atoms with Crippen LogP contribution < -0.4 is 0 Å². The van der Waals surface area contributed by atoms with Crippen LogP contribution in [0.3, 0.4) is 0 Å². The lowest BCUT2D eigenvalue weighted by atomic mass is 10.1. The second kappa shape index (κ2) is 6.56. The van der Waals surface area contributed by atoms with Crippen LogP contribution in [0.2, 0.25) is 0 Å². The SMILES string of the molecule is CCCCc1nn(CCC)c(O)c1CCC. The van der Waals surface area contributed by atoms with Crippen molar-refractivity contribution in [1.82, 2.24) is 9.78 Å². The first-order valence-electron chi connectivity index (χ1n) is 6.52. The predicted molar refractivity (Wildman–Crippen MR) is 66.8 cm³/mol. The number of aromatic hydroxyl groups is 1. The van der Waals surface area contributed by atoms with E-state index in [4.69, 9.17) is 0 Å². The number of hydrogen-bond acceptors (Lipinski definition) is 2. The minimum absolute atomic E-state index is 0.398. The van der Waals surface area contributed by atoms with Gasteiger partial charge in [-0.3, -0.25) is 0 Å². The zero-order valence-corrected chi connectivity index (χ0v) is 10.8. The zero-order chi connectivity index (χ0) is 12.0. The summed E-state index contributed by atoms with van der Waals surface area (Å²) in [5.74, 6) is 0.398. The van der Waals surface area contributed by atoms with Gasteiger partial charge < -0.3 is 5.11 Å². The summed E-state index contributed by atoms with van der Waals surface area (Å²) < 4.78 is 1.76. The van der Waals surface area contributed by atoms with Crippen molar-refractivity contribution in [1.29, 1.82) is 0 Å². The van der Waals surface area contributed by atoms with Gasteiger partial charge in [0, 0.05) is 12.1 Å². The van der Waals surface area contributed by atoms with Gasteiger partial charge in [-0.25, -0.2) is 4.68 Å². The lowest BCUT2D eigenvalue weighted by molar-refractivity contribution is 0.392. The van der Waals surface area contributed by atoms with Crippen LogP contribution in [0.5, 0.6) is 5.88 Å². The van der Waals surface area contributed by atoms with E-state index in [1.165, 1.54) is 6.42 Å². The summed E-state index contributed by atoms with van der Waals surface area (Å²) >= 11 is 0. The zero-order valence-electron chi connectivity index (χ0n) is 10.8. The third-order valence-corrected chi connectivity index (χ3v) is 2.81. The summed E-state index contributed by atoms with van der Waals surface area (Å²) in [6.45, 7) is 7.24. The molecule has 0 spiro atoms. The summed E-state index contributed by atoms with van der Waals surface area (Å²) in [5, 5.41) is 14.6. The summed E-state index contributed by atoms with van der Waals surface area (Å²) in [6, 6.07) is 0. The number of unbranched alkanes of at least 4 members (excludes halogenated alkanes) is 1. The molecule has 92 valence electrons. The van der Waals surface area contributed by atoms with Crippen LogP contribution in [-0.2, 0) is 19.4 Å². The predicted octanol–water partition coefficient (Wildman–Crippen LogP) is 3.29. The highest BCUT2D eigenvalue weighted by Crippen LogP contribution is 2.24. The van der Waals surface area contributed by atoms with E-state index in [0.29, 0.717) is 5.88 Å². The first-order valence-corrected chi connectivity index (χ1v) is 6.52. The molecule has 0 saturated heterocycles. The van der Waals surface area contributed by atoms with E-state index in [0.717, 1.165) is 49.9 Å². The Kier molecular flexibility index (Phi) is 5.36. The molecule has 1 aromatic rings. The van der Waals surface area contributed by atoms with Crippen molar-refractivity contribution >= 4 is 0 Å². The van der Waals surface area contributed by atoms with Crippen molar-refractivity contribution in [3.63, 3.8) is 0 Å². The molecule has 0 saturated carbocycles. The van der Waals surface area contributed by atoms with Gasteiger partial charge in [-0.05, 0) is 25.7 Å². The van der Waals surface area contributed by atoms with Crippen molar-refractivity contribution in [3.8, 4) is 5.88 Å². The number of aromatic nitrogens is 2. The molecule has 0 fully saturated rings. The molecule has 0 aliphatic carbocycles. The summed E-state index contributed by atoms with van der Waals surface area (Å²) in [5.41, 5.74) is 2.18. The molecule has 0 atom stereocenters. The molecule has 1 rings (SSSR count). The Morgan fingerprint density at radius 1 is 1.06 bits per heavy atom. The minimum Gasteiger partial charge on any atom is -0.493 e. The average Bonchev–Trinajstić information content (AvgIpc) is 2.56. The maximum atomic E-state index is 10.1. The van der Waals surface area contributed by atoms with Crippen LogP contribution in [0.4, 0.5) is 0 Å². The Morgan fingerprint density at radius 3 is 2.38 bits per heavy atom. The molecular formula is C13H24N2O. The van der Waals surface area contributed by atoms with Crippen LogP contribution in [0.1, 0.15) is 57.7 Å². The van der Waals surface area contributed by atoms with E-state index in [1.54, 1.807) is 4.68 Å². The van der Waals surface area contributed by atoms with Gasteiger partial charge in [0.25, 0.3) is 0 Å². The van der Waals surface area contributed by atoms with Crippen LogP contribution in [0, 0.1) is 0 Å². The number of nitrogens with zero attached hydrogens (tertiary/aromatic N) is 2. The third kappa shape index (κ3) is 3.00. The number of aryl methyl sites for hydroxylation is 2. The Labute approximate surface area is 98.5 Å². The van der Waals surface area contributed by atoms with Gasteiger partial charge in [0.1, 0.15) is 0 Å². The van der Waals surface area contributed by atoms with E-state index in [-0.39, 0.29) is 0 Å². The normalized spacial score (nSPS) is 10.9. The Hall–Kier alpha value is -0.990. The maximum Gasteiger partial charge on any atom is 0.212 e. The molecular weight excluding hydrogens is 200 g/mol. The van der Waals surface area contributed by atoms with E-state index in [2.05, 4.69) is 25.9 Å². The van der Waals surface area contributed by atoms with Gasteiger partial charge in [0.2, 0.25) is 5.88 Å². The molecule has 0 radical (unpaired) electrons. The highest BCUT2D eigenvalue weighted by atomic mass is 16.3. The third-order valence-electron chi connectivity index (χ3n) is 2.81. The fourth-order valence-corrected chi connectivity index (χ4v) is 1.96. The summed E-state index contributed by atoms with van der Waals surface area (Å²) in [7, 11) is 0. The van der Waals surface area contributed by atoms with Gasteiger partial charge in [0.05, 0.1) is 5.69 Å². The monoisotopic (exact) mass is 224 g/mol. The molecule has 0 aliphatic heterocycles. The topological polar surface area (TPSA) is 38.0 Å². The lowest BCUT2D eigenvalue weighted by Crippen LogP contribution is -1.99. The van der Waals surface area contributed by atoms with Crippen molar-refractivity contribution in [2.24, 2.45) is 0 Å². The van der Waals surface area contributed by atoms with Gasteiger partial charge in [0.15, 0.2) is 0 Å².